The number of aromatic nitrogens is 1. The molecule has 1 saturated heterocycles. The van der Waals surface area contributed by atoms with Crippen LogP contribution in [-0.4, -0.2) is 41.5 Å². The number of amides is 1. The number of carbonyl (C=O) groups is 2. The third-order valence-corrected chi connectivity index (χ3v) is 3.76. The summed E-state index contributed by atoms with van der Waals surface area (Å²) in [6.45, 7) is 5.11. The van der Waals surface area contributed by atoms with Gasteiger partial charge in [-0.05, 0) is 38.8 Å². The number of pyridine rings is 1. The third-order valence-electron chi connectivity index (χ3n) is 3.57. The molecule has 1 aromatic heterocycles. The van der Waals surface area contributed by atoms with Gasteiger partial charge in [-0.3, -0.25) is 9.59 Å². The summed E-state index contributed by atoms with van der Waals surface area (Å²) >= 11 is 5.89. The second-order valence-electron chi connectivity index (χ2n) is 5.14. The van der Waals surface area contributed by atoms with E-state index in [1.165, 1.54) is 0 Å². The van der Waals surface area contributed by atoms with Gasteiger partial charge in [0.25, 0.3) is 5.91 Å². The number of nitrogens with zero attached hydrogens (tertiary/aromatic N) is 2. The van der Waals surface area contributed by atoms with Crippen molar-refractivity contribution in [1.29, 1.82) is 0 Å². The summed E-state index contributed by atoms with van der Waals surface area (Å²) in [7, 11) is 0. The zero-order valence-corrected chi connectivity index (χ0v) is 13.0. The van der Waals surface area contributed by atoms with Crippen LogP contribution in [0.2, 0.25) is 5.15 Å². The third kappa shape index (κ3) is 3.94. The van der Waals surface area contributed by atoms with Crippen molar-refractivity contribution in [2.24, 2.45) is 5.92 Å². The normalized spacial score (nSPS) is 15.9. The minimum absolute atomic E-state index is 0.0651. The molecule has 1 aliphatic rings. The van der Waals surface area contributed by atoms with Gasteiger partial charge in [-0.25, -0.2) is 4.98 Å². The smallest absolute Gasteiger partial charge is 0.309 e. The zero-order chi connectivity index (χ0) is 15.4. The summed E-state index contributed by atoms with van der Waals surface area (Å²) in [5.41, 5.74) is 1.26. The molecule has 0 unspecified atom stereocenters. The van der Waals surface area contributed by atoms with Crippen LogP contribution in [-0.2, 0) is 9.53 Å². The maximum Gasteiger partial charge on any atom is 0.309 e. The van der Waals surface area contributed by atoms with E-state index in [0.29, 0.717) is 48.9 Å². The Balaban J connectivity index is 1.98. The lowest BCUT2D eigenvalue weighted by atomic mass is 9.96. The van der Waals surface area contributed by atoms with Gasteiger partial charge >= 0.3 is 5.97 Å². The molecule has 114 valence electrons. The Labute approximate surface area is 129 Å². The van der Waals surface area contributed by atoms with Crippen LogP contribution in [0.5, 0.6) is 0 Å². The number of ether oxygens (including phenoxy) is 1. The number of halogens is 1. The van der Waals surface area contributed by atoms with E-state index in [-0.39, 0.29) is 17.8 Å². The Kier molecular flexibility index (Phi) is 5.17. The first-order chi connectivity index (χ1) is 10.0. The lowest BCUT2D eigenvalue weighted by molar-refractivity contribution is -0.149. The molecule has 0 spiro atoms. The predicted octanol–water partition coefficient (Wildman–Crippen LogP) is 2.46. The molecule has 0 N–H and O–H groups in total. The van der Waals surface area contributed by atoms with Crippen molar-refractivity contribution in [1.82, 2.24) is 9.88 Å². The number of rotatable bonds is 3. The predicted molar refractivity (Wildman–Crippen MR) is 79.2 cm³/mol. The van der Waals surface area contributed by atoms with E-state index in [1.807, 2.05) is 0 Å². The molecule has 1 fully saturated rings. The standard InChI is InChI=1S/C15H19ClN2O3/c1-3-21-15(20)11-4-6-18(7-5-11)14(19)12-8-10(2)17-13(16)9-12/h8-9,11H,3-7H2,1-2H3. The van der Waals surface area contributed by atoms with E-state index < -0.39 is 0 Å². The van der Waals surface area contributed by atoms with E-state index in [2.05, 4.69) is 4.98 Å². The largest absolute Gasteiger partial charge is 0.466 e. The number of hydrogen-bond acceptors (Lipinski definition) is 4. The Morgan fingerprint density at radius 3 is 2.62 bits per heavy atom. The van der Waals surface area contributed by atoms with Gasteiger partial charge in [-0.2, -0.15) is 0 Å². The number of piperidine rings is 1. The molecule has 1 amide bonds. The average molecular weight is 311 g/mol. The summed E-state index contributed by atoms with van der Waals surface area (Å²) in [4.78, 5) is 29.9. The van der Waals surface area contributed by atoms with E-state index in [9.17, 15) is 9.59 Å². The van der Waals surface area contributed by atoms with Crippen LogP contribution in [0.25, 0.3) is 0 Å². The van der Waals surface area contributed by atoms with Gasteiger partial charge in [0.2, 0.25) is 0 Å². The van der Waals surface area contributed by atoms with Crippen molar-refractivity contribution in [3.05, 3.63) is 28.5 Å². The monoisotopic (exact) mass is 310 g/mol. The first-order valence-electron chi connectivity index (χ1n) is 7.11. The molecule has 21 heavy (non-hydrogen) atoms. The highest BCUT2D eigenvalue weighted by molar-refractivity contribution is 6.29. The van der Waals surface area contributed by atoms with Gasteiger partial charge in [0, 0.05) is 24.3 Å². The summed E-state index contributed by atoms with van der Waals surface area (Å²) in [5.74, 6) is -0.325. The molecule has 5 nitrogen and oxygen atoms in total. The van der Waals surface area contributed by atoms with Crippen LogP contribution >= 0.6 is 11.6 Å². The quantitative estimate of drug-likeness (QED) is 0.635. The van der Waals surface area contributed by atoms with Crippen LogP contribution in [0.4, 0.5) is 0 Å². The molecule has 0 radical (unpaired) electrons. The van der Waals surface area contributed by atoms with Crippen molar-refractivity contribution < 1.29 is 14.3 Å². The van der Waals surface area contributed by atoms with Gasteiger partial charge in [0.1, 0.15) is 5.15 Å². The minimum Gasteiger partial charge on any atom is -0.466 e. The van der Waals surface area contributed by atoms with Gasteiger partial charge in [0.15, 0.2) is 0 Å². The van der Waals surface area contributed by atoms with Crippen LogP contribution in [0.3, 0.4) is 0 Å². The molecule has 0 aliphatic carbocycles. The lowest BCUT2D eigenvalue weighted by Gasteiger charge is -2.31. The summed E-state index contributed by atoms with van der Waals surface area (Å²) in [5, 5.41) is 0.319. The molecule has 0 aromatic carbocycles. The molecule has 2 heterocycles. The first-order valence-corrected chi connectivity index (χ1v) is 7.49. The van der Waals surface area contributed by atoms with Gasteiger partial charge in [0.05, 0.1) is 12.5 Å². The summed E-state index contributed by atoms with van der Waals surface area (Å²) in [6.07, 6.45) is 1.28. The summed E-state index contributed by atoms with van der Waals surface area (Å²) in [6, 6.07) is 3.31. The van der Waals surface area contributed by atoms with E-state index >= 15 is 0 Å². The SMILES string of the molecule is CCOC(=O)C1CCN(C(=O)c2cc(C)nc(Cl)c2)CC1. The molecule has 1 aromatic rings. The molecular weight excluding hydrogens is 292 g/mol. The Morgan fingerprint density at radius 2 is 2.05 bits per heavy atom. The highest BCUT2D eigenvalue weighted by atomic mass is 35.5. The minimum atomic E-state index is -0.160. The van der Waals surface area contributed by atoms with Gasteiger partial charge in [-0.1, -0.05) is 11.6 Å². The molecule has 0 atom stereocenters. The molecule has 0 bridgehead atoms. The molecule has 0 saturated carbocycles. The summed E-state index contributed by atoms with van der Waals surface area (Å²) < 4.78 is 5.03. The Bertz CT molecular complexity index is 519. The van der Waals surface area contributed by atoms with Gasteiger partial charge < -0.3 is 9.64 Å². The van der Waals surface area contributed by atoms with E-state index in [4.69, 9.17) is 16.3 Å². The van der Waals surface area contributed by atoms with Crippen molar-refractivity contribution in [3.63, 3.8) is 0 Å². The zero-order valence-electron chi connectivity index (χ0n) is 12.3. The molecular formula is C15H19ClN2O3. The van der Waals surface area contributed by atoms with E-state index in [1.54, 1.807) is 30.9 Å². The number of carbonyl (C=O) groups excluding carboxylic acids is 2. The average Bonchev–Trinajstić information content (AvgIpc) is 2.46. The Hall–Kier alpha value is -1.62. The molecule has 6 heteroatoms. The second-order valence-corrected chi connectivity index (χ2v) is 5.53. The highest BCUT2D eigenvalue weighted by Gasteiger charge is 2.28. The first kappa shape index (κ1) is 15.8. The number of esters is 1. The maximum atomic E-state index is 12.4. The fraction of sp³-hybridized carbons (Fsp3) is 0.533. The maximum absolute atomic E-state index is 12.4. The van der Waals surface area contributed by atoms with E-state index in [0.717, 1.165) is 0 Å². The van der Waals surface area contributed by atoms with Crippen molar-refractivity contribution in [2.75, 3.05) is 19.7 Å². The number of likely N-dealkylation sites (tertiary alicyclic amines) is 1. The fourth-order valence-electron chi connectivity index (χ4n) is 2.51. The van der Waals surface area contributed by atoms with Crippen molar-refractivity contribution >= 4 is 23.5 Å². The van der Waals surface area contributed by atoms with Crippen LogP contribution in [0.1, 0.15) is 35.8 Å². The van der Waals surface area contributed by atoms with Gasteiger partial charge in [-0.15, -0.1) is 0 Å². The fourth-order valence-corrected chi connectivity index (χ4v) is 2.76. The Morgan fingerprint density at radius 1 is 1.38 bits per heavy atom. The number of aryl methyl sites for hydroxylation is 1. The van der Waals surface area contributed by atoms with Crippen LogP contribution < -0.4 is 0 Å². The van der Waals surface area contributed by atoms with Crippen LogP contribution in [0, 0.1) is 12.8 Å². The van der Waals surface area contributed by atoms with Crippen LogP contribution in [0.15, 0.2) is 12.1 Å². The lowest BCUT2D eigenvalue weighted by Crippen LogP contribution is -2.40. The second kappa shape index (κ2) is 6.89. The number of hydrogen-bond donors (Lipinski definition) is 0. The van der Waals surface area contributed by atoms with Crippen molar-refractivity contribution in [3.8, 4) is 0 Å². The molecule has 2 rings (SSSR count). The molecule has 1 aliphatic heterocycles. The highest BCUT2D eigenvalue weighted by Crippen LogP contribution is 2.21. The topological polar surface area (TPSA) is 59.5 Å². The van der Waals surface area contributed by atoms with Crippen molar-refractivity contribution in [2.45, 2.75) is 26.7 Å².